The van der Waals surface area contributed by atoms with Gasteiger partial charge < -0.3 is 20.2 Å². The minimum absolute atomic E-state index is 0. The molecule has 0 spiro atoms. The van der Waals surface area contributed by atoms with Crippen molar-refractivity contribution in [3.63, 3.8) is 0 Å². The molecule has 0 saturated heterocycles. The molecule has 0 aliphatic heterocycles. The Morgan fingerprint density at radius 2 is 2.09 bits per heavy atom. The van der Waals surface area contributed by atoms with E-state index in [9.17, 15) is 5.11 Å². The topological polar surface area (TPSA) is 69.8 Å². The van der Waals surface area contributed by atoms with Crippen LogP contribution in [0.3, 0.4) is 0 Å². The summed E-state index contributed by atoms with van der Waals surface area (Å²) in [6, 6.07) is 3.55. The Morgan fingerprint density at radius 3 is 2.65 bits per heavy atom. The monoisotopic (exact) mass is 437 g/mol. The van der Waals surface area contributed by atoms with Gasteiger partial charge in [0.15, 0.2) is 5.96 Å². The molecule has 1 rings (SSSR count). The number of hydrogen-bond donors (Lipinski definition) is 3. The molecule has 0 saturated carbocycles. The largest absolute Gasteiger partial charge is 0.467 e. The lowest BCUT2D eigenvalue weighted by Crippen LogP contribution is -2.39. The molecule has 1 aromatic heterocycles. The standard InChI is InChI=1S/C17H31N3O2.HI/c1-4-7-9-14(5-2)12-19-17(18-6-3)20-13-15(21)16-10-8-11-22-16;/h8,10-11,14-15,21H,4-7,9,12-13H2,1-3H3,(H2,18,19,20);1H. The summed E-state index contributed by atoms with van der Waals surface area (Å²) in [5, 5.41) is 16.4. The van der Waals surface area contributed by atoms with Crippen molar-refractivity contribution in [1.82, 2.24) is 10.6 Å². The molecular weight excluding hydrogens is 405 g/mol. The molecule has 23 heavy (non-hydrogen) atoms. The Hall–Kier alpha value is -0.760. The summed E-state index contributed by atoms with van der Waals surface area (Å²) in [6.45, 7) is 8.48. The van der Waals surface area contributed by atoms with Crippen molar-refractivity contribution in [3.05, 3.63) is 24.2 Å². The molecule has 3 N–H and O–H groups in total. The Bertz CT molecular complexity index is 410. The number of furan rings is 1. The molecule has 1 heterocycles. The summed E-state index contributed by atoms with van der Waals surface area (Å²) in [6.07, 6.45) is 5.77. The maximum Gasteiger partial charge on any atom is 0.191 e. The number of nitrogens with one attached hydrogen (secondary N) is 2. The average molecular weight is 437 g/mol. The van der Waals surface area contributed by atoms with E-state index in [-0.39, 0.29) is 24.0 Å². The molecular formula is C17H32IN3O2. The number of guanidine groups is 1. The number of nitrogens with zero attached hydrogens (tertiary/aromatic N) is 1. The van der Waals surface area contributed by atoms with Crippen LogP contribution < -0.4 is 10.6 Å². The van der Waals surface area contributed by atoms with Crippen LogP contribution in [0.15, 0.2) is 27.8 Å². The quantitative estimate of drug-likeness (QED) is 0.297. The van der Waals surface area contributed by atoms with Gasteiger partial charge in [-0.2, -0.15) is 0 Å². The molecule has 1 aromatic rings. The third-order valence-corrected chi connectivity index (χ3v) is 3.73. The first-order valence-corrected chi connectivity index (χ1v) is 8.44. The smallest absolute Gasteiger partial charge is 0.191 e. The minimum atomic E-state index is -0.666. The molecule has 0 aliphatic carbocycles. The SMILES string of the molecule is CCCCC(CC)CN=C(NCC)NCC(O)c1ccco1.I. The average Bonchev–Trinajstić information content (AvgIpc) is 3.06. The van der Waals surface area contributed by atoms with Gasteiger partial charge in [-0.05, 0) is 31.4 Å². The van der Waals surface area contributed by atoms with Gasteiger partial charge >= 0.3 is 0 Å². The zero-order valence-electron chi connectivity index (χ0n) is 14.5. The van der Waals surface area contributed by atoms with Gasteiger partial charge in [0.2, 0.25) is 0 Å². The molecule has 2 unspecified atom stereocenters. The first-order chi connectivity index (χ1) is 10.7. The highest BCUT2D eigenvalue weighted by Gasteiger charge is 2.11. The van der Waals surface area contributed by atoms with E-state index in [2.05, 4.69) is 29.5 Å². The second-order valence-electron chi connectivity index (χ2n) is 5.55. The van der Waals surface area contributed by atoms with E-state index < -0.39 is 6.10 Å². The van der Waals surface area contributed by atoms with Gasteiger partial charge in [-0.15, -0.1) is 24.0 Å². The van der Waals surface area contributed by atoms with Crippen LogP contribution in [0, 0.1) is 5.92 Å². The maximum absolute atomic E-state index is 10.0. The summed E-state index contributed by atoms with van der Waals surface area (Å²) in [7, 11) is 0. The highest BCUT2D eigenvalue weighted by molar-refractivity contribution is 14.0. The fourth-order valence-corrected chi connectivity index (χ4v) is 2.25. The number of aliphatic hydroxyl groups is 1. The predicted molar refractivity (Wildman–Crippen MR) is 106 cm³/mol. The number of halogens is 1. The fourth-order valence-electron chi connectivity index (χ4n) is 2.25. The lowest BCUT2D eigenvalue weighted by molar-refractivity contribution is 0.153. The van der Waals surface area contributed by atoms with Crippen LogP contribution in [0.25, 0.3) is 0 Å². The summed E-state index contributed by atoms with van der Waals surface area (Å²) in [5.74, 6) is 1.95. The van der Waals surface area contributed by atoms with Crippen LogP contribution in [0.2, 0.25) is 0 Å². The van der Waals surface area contributed by atoms with Crippen LogP contribution in [-0.2, 0) is 0 Å². The van der Waals surface area contributed by atoms with Crippen molar-refractivity contribution >= 4 is 29.9 Å². The molecule has 0 aliphatic rings. The van der Waals surface area contributed by atoms with E-state index in [0.717, 1.165) is 25.5 Å². The normalized spacial score (nSPS) is 14.0. The molecule has 0 fully saturated rings. The van der Waals surface area contributed by atoms with Crippen molar-refractivity contribution < 1.29 is 9.52 Å². The first-order valence-electron chi connectivity index (χ1n) is 8.44. The number of hydrogen-bond acceptors (Lipinski definition) is 3. The van der Waals surface area contributed by atoms with Gasteiger partial charge in [-0.25, -0.2) is 0 Å². The van der Waals surface area contributed by atoms with Gasteiger partial charge in [0.05, 0.1) is 12.8 Å². The molecule has 0 radical (unpaired) electrons. The van der Waals surface area contributed by atoms with E-state index in [0.29, 0.717) is 18.2 Å². The van der Waals surface area contributed by atoms with Crippen LogP contribution in [0.1, 0.15) is 58.3 Å². The van der Waals surface area contributed by atoms with E-state index in [1.165, 1.54) is 19.3 Å². The van der Waals surface area contributed by atoms with E-state index in [1.54, 1.807) is 18.4 Å². The summed E-state index contributed by atoms with van der Waals surface area (Å²) < 4.78 is 5.20. The lowest BCUT2D eigenvalue weighted by atomic mass is 10.00. The van der Waals surface area contributed by atoms with Crippen LogP contribution in [0.4, 0.5) is 0 Å². The van der Waals surface area contributed by atoms with Gasteiger partial charge in [-0.1, -0.05) is 33.1 Å². The first kappa shape index (κ1) is 22.2. The van der Waals surface area contributed by atoms with Crippen LogP contribution in [0.5, 0.6) is 0 Å². The Kier molecular flexibility index (Phi) is 13.2. The third kappa shape index (κ3) is 9.20. The van der Waals surface area contributed by atoms with Crippen molar-refractivity contribution in [2.45, 2.75) is 52.6 Å². The van der Waals surface area contributed by atoms with Crippen molar-refractivity contribution in [3.8, 4) is 0 Å². The van der Waals surface area contributed by atoms with Crippen LogP contribution >= 0.6 is 24.0 Å². The van der Waals surface area contributed by atoms with Gasteiger partial charge in [-0.3, -0.25) is 4.99 Å². The minimum Gasteiger partial charge on any atom is -0.467 e. The Balaban J connectivity index is 0.00000484. The zero-order valence-corrected chi connectivity index (χ0v) is 16.9. The van der Waals surface area contributed by atoms with E-state index in [1.807, 2.05) is 6.92 Å². The lowest BCUT2D eigenvalue weighted by Gasteiger charge is -2.16. The predicted octanol–water partition coefficient (Wildman–Crippen LogP) is 3.70. The van der Waals surface area contributed by atoms with Crippen molar-refractivity contribution in [2.24, 2.45) is 10.9 Å². The number of aliphatic imine (C=N–C) groups is 1. The zero-order chi connectivity index (χ0) is 16.2. The second-order valence-corrected chi connectivity index (χ2v) is 5.55. The molecule has 0 aromatic carbocycles. The maximum atomic E-state index is 10.0. The number of aliphatic hydroxyl groups excluding tert-OH is 1. The molecule has 5 nitrogen and oxygen atoms in total. The molecule has 0 amide bonds. The van der Waals surface area contributed by atoms with Gasteiger partial charge in [0, 0.05) is 13.1 Å². The molecule has 6 heteroatoms. The number of unbranched alkanes of at least 4 members (excludes halogenated alkanes) is 1. The Morgan fingerprint density at radius 1 is 1.30 bits per heavy atom. The molecule has 2 atom stereocenters. The Labute approximate surface area is 157 Å². The fraction of sp³-hybridized carbons (Fsp3) is 0.706. The molecule has 134 valence electrons. The highest BCUT2D eigenvalue weighted by Crippen LogP contribution is 2.13. The third-order valence-electron chi connectivity index (χ3n) is 3.73. The van der Waals surface area contributed by atoms with Crippen molar-refractivity contribution in [2.75, 3.05) is 19.6 Å². The van der Waals surface area contributed by atoms with E-state index >= 15 is 0 Å². The summed E-state index contributed by atoms with van der Waals surface area (Å²) >= 11 is 0. The van der Waals surface area contributed by atoms with E-state index in [4.69, 9.17) is 4.42 Å². The van der Waals surface area contributed by atoms with Crippen molar-refractivity contribution in [1.29, 1.82) is 0 Å². The second kappa shape index (κ2) is 13.7. The van der Waals surface area contributed by atoms with Gasteiger partial charge in [0.25, 0.3) is 0 Å². The van der Waals surface area contributed by atoms with Crippen LogP contribution in [-0.4, -0.2) is 30.7 Å². The summed E-state index contributed by atoms with van der Waals surface area (Å²) in [4.78, 5) is 4.64. The van der Waals surface area contributed by atoms with Gasteiger partial charge in [0.1, 0.15) is 11.9 Å². The highest BCUT2D eigenvalue weighted by atomic mass is 127. The summed E-state index contributed by atoms with van der Waals surface area (Å²) in [5.41, 5.74) is 0. The molecule has 0 bridgehead atoms. The number of rotatable bonds is 10.